The quantitative estimate of drug-likeness (QED) is 0.711. The van der Waals surface area contributed by atoms with Crippen molar-refractivity contribution in [1.29, 1.82) is 0 Å². The van der Waals surface area contributed by atoms with Gasteiger partial charge in [-0.2, -0.15) is 0 Å². The second-order valence-electron chi connectivity index (χ2n) is 5.45. The van der Waals surface area contributed by atoms with Gasteiger partial charge in [0.1, 0.15) is 0 Å². The first-order chi connectivity index (χ1) is 6.24. The van der Waals surface area contributed by atoms with Crippen molar-refractivity contribution < 1.29 is 8.42 Å². The van der Waals surface area contributed by atoms with Crippen LogP contribution in [0, 0.1) is 10.8 Å². The minimum Gasteiger partial charge on any atom is -0.327 e. The maximum absolute atomic E-state index is 11.7. The molecule has 4 heteroatoms. The lowest BCUT2D eigenvalue weighted by molar-refractivity contribution is 0.391. The van der Waals surface area contributed by atoms with Crippen molar-refractivity contribution >= 4 is 9.84 Å². The smallest absolute Gasteiger partial charge is 0.150 e. The molecule has 0 bridgehead atoms. The number of rotatable bonds is 1. The molecule has 0 amide bonds. The standard InChI is InChI=1S/C10H19NO2S/c1-9(2)8(11)10(9)6-4-5-7(10)14(3,12)13/h7-8H,4-6,11H2,1-3H3. The minimum atomic E-state index is -2.93. The molecule has 0 radical (unpaired) electrons. The van der Waals surface area contributed by atoms with Crippen LogP contribution in [0.1, 0.15) is 33.1 Å². The summed E-state index contributed by atoms with van der Waals surface area (Å²) in [5.41, 5.74) is 5.96. The average molecular weight is 217 g/mol. The first-order valence-electron chi connectivity index (χ1n) is 5.19. The highest BCUT2D eigenvalue weighted by Crippen LogP contribution is 2.71. The molecular weight excluding hydrogens is 198 g/mol. The second-order valence-corrected chi connectivity index (χ2v) is 7.68. The van der Waals surface area contributed by atoms with Crippen LogP contribution in [0.5, 0.6) is 0 Å². The zero-order chi connectivity index (χ0) is 10.8. The van der Waals surface area contributed by atoms with Gasteiger partial charge in [-0.3, -0.25) is 0 Å². The van der Waals surface area contributed by atoms with Gasteiger partial charge in [0.25, 0.3) is 0 Å². The van der Waals surface area contributed by atoms with E-state index in [9.17, 15) is 8.42 Å². The Morgan fingerprint density at radius 1 is 1.36 bits per heavy atom. The molecule has 2 aliphatic rings. The highest BCUT2D eigenvalue weighted by Gasteiger charge is 2.75. The van der Waals surface area contributed by atoms with Gasteiger partial charge in [0.15, 0.2) is 9.84 Å². The summed E-state index contributed by atoms with van der Waals surface area (Å²) in [5, 5.41) is -0.194. The van der Waals surface area contributed by atoms with E-state index >= 15 is 0 Å². The Hall–Kier alpha value is -0.0900. The number of sulfone groups is 1. The maximum atomic E-state index is 11.7. The van der Waals surface area contributed by atoms with E-state index < -0.39 is 9.84 Å². The van der Waals surface area contributed by atoms with E-state index in [4.69, 9.17) is 5.73 Å². The van der Waals surface area contributed by atoms with Gasteiger partial charge >= 0.3 is 0 Å². The van der Waals surface area contributed by atoms with E-state index in [-0.39, 0.29) is 22.1 Å². The predicted octanol–water partition coefficient (Wildman–Crippen LogP) is 0.937. The summed E-state index contributed by atoms with van der Waals surface area (Å²) in [5.74, 6) is 0. The van der Waals surface area contributed by atoms with E-state index in [0.717, 1.165) is 19.3 Å². The molecule has 1 spiro atoms. The zero-order valence-electron chi connectivity index (χ0n) is 9.08. The third-order valence-corrected chi connectivity index (χ3v) is 6.29. The van der Waals surface area contributed by atoms with Crippen molar-refractivity contribution in [2.45, 2.75) is 44.4 Å². The van der Waals surface area contributed by atoms with E-state index in [1.807, 2.05) is 0 Å². The summed E-state index contributed by atoms with van der Waals surface area (Å²) in [6, 6.07) is 0.0669. The number of hydrogen-bond acceptors (Lipinski definition) is 3. The van der Waals surface area contributed by atoms with Crippen molar-refractivity contribution in [2.24, 2.45) is 16.6 Å². The maximum Gasteiger partial charge on any atom is 0.150 e. The van der Waals surface area contributed by atoms with Gasteiger partial charge in [0.05, 0.1) is 5.25 Å². The van der Waals surface area contributed by atoms with Crippen LogP contribution in [-0.2, 0) is 9.84 Å². The number of hydrogen-bond donors (Lipinski definition) is 1. The molecule has 0 aromatic carbocycles. The largest absolute Gasteiger partial charge is 0.327 e. The highest BCUT2D eigenvalue weighted by atomic mass is 32.2. The first-order valence-corrected chi connectivity index (χ1v) is 7.14. The van der Waals surface area contributed by atoms with Crippen molar-refractivity contribution in [3.63, 3.8) is 0 Å². The Morgan fingerprint density at radius 3 is 2.14 bits per heavy atom. The fourth-order valence-electron chi connectivity index (χ4n) is 3.62. The summed E-state index contributed by atoms with van der Waals surface area (Å²) in [6.07, 6.45) is 4.15. The predicted molar refractivity (Wildman–Crippen MR) is 56.7 cm³/mol. The van der Waals surface area contributed by atoms with Crippen LogP contribution < -0.4 is 5.73 Å². The van der Waals surface area contributed by atoms with Gasteiger partial charge in [-0.05, 0) is 18.3 Å². The van der Waals surface area contributed by atoms with Gasteiger partial charge in [0.2, 0.25) is 0 Å². The Balaban J connectivity index is 2.40. The lowest BCUT2D eigenvalue weighted by atomic mass is 9.94. The fraction of sp³-hybridized carbons (Fsp3) is 1.00. The van der Waals surface area contributed by atoms with Crippen molar-refractivity contribution in [2.75, 3.05) is 6.26 Å². The minimum absolute atomic E-state index is 0.0112. The summed E-state index contributed by atoms with van der Waals surface area (Å²) in [4.78, 5) is 0. The molecule has 2 N–H and O–H groups in total. The summed E-state index contributed by atoms with van der Waals surface area (Å²) < 4.78 is 23.3. The molecule has 0 aromatic rings. The van der Waals surface area contributed by atoms with Gasteiger partial charge in [-0.1, -0.05) is 20.3 Å². The van der Waals surface area contributed by atoms with E-state index in [2.05, 4.69) is 13.8 Å². The molecule has 0 aliphatic heterocycles. The van der Waals surface area contributed by atoms with Crippen LogP contribution in [0.3, 0.4) is 0 Å². The van der Waals surface area contributed by atoms with Gasteiger partial charge in [0, 0.05) is 17.7 Å². The third-order valence-electron chi connectivity index (χ3n) is 4.60. The monoisotopic (exact) mass is 217 g/mol. The normalized spacial score (nSPS) is 45.7. The molecule has 14 heavy (non-hydrogen) atoms. The van der Waals surface area contributed by atoms with Crippen LogP contribution in [0.25, 0.3) is 0 Å². The van der Waals surface area contributed by atoms with Gasteiger partial charge < -0.3 is 5.73 Å². The molecule has 2 rings (SSSR count). The van der Waals surface area contributed by atoms with Crippen molar-refractivity contribution in [3.05, 3.63) is 0 Å². The van der Waals surface area contributed by atoms with Crippen LogP contribution in [0.15, 0.2) is 0 Å². The lowest BCUT2D eigenvalue weighted by Crippen LogP contribution is -2.31. The Bertz CT molecular complexity index is 360. The molecule has 3 nitrogen and oxygen atoms in total. The van der Waals surface area contributed by atoms with E-state index in [1.54, 1.807) is 0 Å². The number of nitrogens with two attached hydrogens (primary N) is 1. The van der Waals surface area contributed by atoms with Gasteiger partial charge in [-0.25, -0.2) is 8.42 Å². The summed E-state index contributed by atoms with van der Waals surface area (Å²) in [7, 11) is -2.93. The van der Waals surface area contributed by atoms with Crippen molar-refractivity contribution in [3.8, 4) is 0 Å². The van der Waals surface area contributed by atoms with Crippen LogP contribution in [0.2, 0.25) is 0 Å². The molecule has 2 aliphatic carbocycles. The fourth-order valence-corrected chi connectivity index (χ4v) is 5.54. The topological polar surface area (TPSA) is 60.2 Å². The molecular formula is C10H19NO2S. The summed E-state index contributed by atoms with van der Waals surface area (Å²) >= 11 is 0. The molecule has 2 fully saturated rings. The van der Waals surface area contributed by atoms with Crippen LogP contribution >= 0.6 is 0 Å². The third kappa shape index (κ3) is 0.986. The Labute approximate surface area is 86.0 Å². The Kier molecular flexibility index (Phi) is 1.88. The summed E-state index contributed by atoms with van der Waals surface area (Å²) in [6.45, 7) is 4.20. The first kappa shape index (κ1) is 10.4. The Morgan fingerprint density at radius 2 is 1.86 bits per heavy atom. The second kappa shape index (κ2) is 2.53. The molecule has 0 heterocycles. The average Bonchev–Trinajstić information content (AvgIpc) is 2.50. The van der Waals surface area contributed by atoms with E-state index in [0.29, 0.717) is 0 Å². The zero-order valence-corrected chi connectivity index (χ0v) is 9.89. The molecule has 0 aromatic heterocycles. The highest BCUT2D eigenvalue weighted by molar-refractivity contribution is 7.91. The molecule has 3 unspecified atom stereocenters. The van der Waals surface area contributed by atoms with E-state index in [1.165, 1.54) is 6.26 Å². The molecule has 2 saturated carbocycles. The lowest BCUT2D eigenvalue weighted by Gasteiger charge is -2.20. The van der Waals surface area contributed by atoms with Crippen molar-refractivity contribution in [1.82, 2.24) is 0 Å². The molecule has 0 saturated heterocycles. The molecule has 3 atom stereocenters. The molecule has 82 valence electrons. The van der Waals surface area contributed by atoms with Crippen LogP contribution in [0.4, 0.5) is 0 Å². The SMILES string of the molecule is CC1(C)C(N)C12CCCC2S(C)(=O)=O. The van der Waals surface area contributed by atoms with Gasteiger partial charge in [-0.15, -0.1) is 0 Å². The van der Waals surface area contributed by atoms with Crippen LogP contribution in [-0.4, -0.2) is 26.0 Å².